The number of rotatable bonds is 6. The summed E-state index contributed by atoms with van der Waals surface area (Å²) in [6.45, 7) is 7.44. The first-order valence-corrected chi connectivity index (χ1v) is 16.4. The van der Waals surface area contributed by atoms with E-state index in [4.69, 9.17) is 9.72 Å². The zero-order valence-corrected chi connectivity index (χ0v) is 26.4. The first-order valence-electron chi connectivity index (χ1n) is 15.5. The van der Waals surface area contributed by atoms with Gasteiger partial charge in [0, 0.05) is 49.5 Å². The van der Waals surface area contributed by atoms with E-state index in [2.05, 4.69) is 73.2 Å². The average molecular weight is 621 g/mol. The van der Waals surface area contributed by atoms with E-state index in [0.29, 0.717) is 42.0 Å². The summed E-state index contributed by atoms with van der Waals surface area (Å²) in [4.78, 5) is 37.2. The van der Waals surface area contributed by atoms with Crippen molar-refractivity contribution < 1.29 is 4.74 Å². The van der Waals surface area contributed by atoms with Crippen molar-refractivity contribution >= 4 is 45.2 Å². The third kappa shape index (κ3) is 6.40. The molecule has 0 bridgehead atoms. The maximum absolute atomic E-state index is 14.0. The van der Waals surface area contributed by atoms with Crippen LogP contribution in [-0.4, -0.2) is 77.1 Å². The van der Waals surface area contributed by atoms with E-state index in [9.17, 15) is 4.79 Å². The Kier molecular flexibility index (Phi) is 8.43. The normalized spacial score (nSPS) is 18.8. The van der Waals surface area contributed by atoms with Crippen molar-refractivity contribution in [3.05, 3.63) is 80.5 Å². The number of pyridine rings is 1. The lowest BCUT2D eigenvalue weighted by Crippen LogP contribution is -2.36. The Morgan fingerprint density at radius 2 is 1.96 bits per heavy atom. The number of nitrogens with one attached hydrogen (secondary N) is 1. The molecule has 1 unspecified atom stereocenters. The molecule has 3 aliphatic heterocycles. The van der Waals surface area contributed by atoms with E-state index in [0.717, 1.165) is 59.9 Å². The monoisotopic (exact) mass is 620 g/mol. The molecule has 1 N–H and O–H groups in total. The van der Waals surface area contributed by atoms with Crippen LogP contribution in [0.5, 0.6) is 0 Å². The Balaban J connectivity index is 1.23. The Morgan fingerprint density at radius 3 is 2.73 bits per heavy atom. The van der Waals surface area contributed by atoms with Crippen LogP contribution in [-0.2, 0) is 11.3 Å². The molecule has 2 saturated heterocycles. The number of fused-ring (bicyclic) bond motifs is 1. The van der Waals surface area contributed by atoms with Gasteiger partial charge in [-0.3, -0.25) is 14.4 Å². The highest BCUT2D eigenvalue weighted by Crippen LogP contribution is 2.29. The Bertz CT molecular complexity index is 1890. The molecule has 6 heterocycles. The molecule has 0 saturated carbocycles. The number of morpholine rings is 1. The van der Waals surface area contributed by atoms with Crippen LogP contribution in [0.1, 0.15) is 48.9 Å². The molecule has 0 radical (unpaired) electrons. The van der Waals surface area contributed by atoms with Crippen molar-refractivity contribution in [2.24, 2.45) is 4.99 Å². The summed E-state index contributed by atoms with van der Waals surface area (Å²) in [5.41, 5.74) is 7.40. The second-order valence-corrected chi connectivity index (χ2v) is 12.7. The van der Waals surface area contributed by atoms with Gasteiger partial charge in [0.2, 0.25) is 5.95 Å². The number of allylic oxidation sites excluding steroid dienone is 2. The molecule has 0 amide bonds. The lowest BCUT2D eigenvalue weighted by atomic mass is 9.91. The molecule has 45 heavy (non-hydrogen) atoms. The van der Waals surface area contributed by atoms with Gasteiger partial charge in [0.1, 0.15) is 16.3 Å². The van der Waals surface area contributed by atoms with Crippen molar-refractivity contribution in [1.82, 2.24) is 24.4 Å². The van der Waals surface area contributed by atoms with Gasteiger partial charge in [-0.05, 0) is 74.5 Å². The van der Waals surface area contributed by atoms with Gasteiger partial charge < -0.3 is 19.9 Å². The molecule has 7 rings (SSSR count). The molecular formula is C34H36N8O2S. The van der Waals surface area contributed by atoms with Crippen LogP contribution in [0.25, 0.3) is 11.0 Å². The maximum atomic E-state index is 14.0. The highest BCUT2D eigenvalue weighted by Gasteiger charge is 2.21. The smallest absolute Gasteiger partial charge is 0.268 e. The van der Waals surface area contributed by atoms with Gasteiger partial charge in [-0.25, -0.2) is 9.97 Å². The molecule has 0 aliphatic carbocycles. The fourth-order valence-corrected chi connectivity index (χ4v) is 7.02. The van der Waals surface area contributed by atoms with Gasteiger partial charge in [-0.1, -0.05) is 18.1 Å². The zero-order chi connectivity index (χ0) is 30.8. The lowest BCUT2D eigenvalue weighted by Gasteiger charge is -2.30. The number of aliphatic imine (C=N–C) groups is 1. The minimum absolute atomic E-state index is 0.220. The lowest BCUT2D eigenvalue weighted by molar-refractivity contribution is 0.123. The first-order chi connectivity index (χ1) is 22.0. The van der Waals surface area contributed by atoms with E-state index < -0.39 is 0 Å². The fraction of sp³-hybridized carbons (Fsp3) is 0.382. The van der Waals surface area contributed by atoms with Crippen molar-refractivity contribution in [3.8, 4) is 11.8 Å². The second-order valence-electron chi connectivity index (χ2n) is 11.9. The molecule has 0 spiro atoms. The topological polar surface area (TPSA) is 101 Å². The average Bonchev–Trinajstić information content (AvgIpc) is 3.71. The van der Waals surface area contributed by atoms with Crippen LogP contribution >= 0.6 is 11.3 Å². The largest absolute Gasteiger partial charge is 0.378 e. The van der Waals surface area contributed by atoms with Crippen molar-refractivity contribution in [3.63, 3.8) is 0 Å². The number of thiazole rings is 1. The SMILES string of the molecule is CC1=C(C#Cc2cc3cnc(Nc4ccc(C5CCCN(C)C5)cc4)nc3n(Cc3ncsc3N3CCOCC3)c2=O)N=CC1. The van der Waals surface area contributed by atoms with Crippen LogP contribution in [0.3, 0.4) is 0 Å². The molecule has 4 aromatic rings. The Morgan fingerprint density at radius 1 is 1.11 bits per heavy atom. The number of piperidine rings is 1. The summed E-state index contributed by atoms with van der Waals surface area (Å²) in [5.74, 6) is 7.17. The number of aromatic nitrogens is 4. The summed E-state index contributed by atoms with van der Waals surface area (Å²) in [6.07, 6.45) is 6.81. The highest BCUT2D eigenvalue weighted by atomic mass is 32.1. The van der Waals surface area contributed by atoms with E-state index >= 15 is 0 Å². The van der Waals surface area contributed by atoms with Gasteiger partial charge in [0.05, 0.1) is 36.5 Å². The van der Waals surface area contributed by atoms with E-state index in [1.165, 1.54) is 18.4 Å². The molecule has 2 fully saturated rings. The number of anilines is 3. The minimum atomic E-state index is -0.220. The third-order valence-corrected chi connectivity index (χ3v) is 9.58. The predicted octanol–water partition coefficient (Wildman–Crippen LogP) is 4.79. The standard InChI is InChI=1S/C34H36N8O2S/c1-23-11-12-35-29(23)10-7-25-18-27-19-36-34(38-28-8-5-24(6-9-28)26-4-3-13-40(2)20-26)39-31(27)42(32(25)43)21-30-33(45-22-37-30)41-14-16-44-17-15-41/h5-6,8-9,12,18-19,22,26H,3-4,11,13-17,20-21H2,1-2H3,(H,36,38,39). The van der Waals surface area contributed by atoms with Gasteiger partial charge in [0.15, 0.2) is 0 Å². The zero-order valence-electron chi connectivity index (χ0n) is 25.6. The minimum Gasteiger partial charge on any atom is -0.378 e. The van der Waals surface area contributed by atoms with Crippen molar-refractivity contribution in [2.75, 3.05) is 56.7 Å². The van der Waals surface area contributed by atoms with Crippen LogP contribution in [0, 0.1) is 11.8 Å². The summed E-state index contributed by atoms with van der Waals surface area (Å²) >= 11 is 1.58. The number of hydrogen-bond acceptors (Lipinski definition) is 10. The third-order valence-electron chi connectivity index (χ3n) is 8.65. The summed E-state index contributed by atoms with van der Waals surface area (Å²) in [5, 5.41) is 5.13. The summed E-state index contributed by atoms with van der Waals surface area (Å²) in [6, 6.07) is 10.3. The molecule has 230 valence electrons. The van der Waals surface area contributed by atoms with Crippen molar-refractivity contribution in [1.29, 1.82) is 0 Å². The van der Waals surface area contributed by atoms with Crippen LogP contribution in [0.15, 0.2) is 63.1 Å². The second kappa shape index (κ2) is 12.9. The number of likely N-dealkylation sites (N-methyl/N-ethyl adjacent to an activating group) is 1. The fourth-order valence-electron chi connectivity index (χ4n) is 6.15. The molecule has 3 aliphatic rings. The highest BCUT2D eigenvalue weighted by molar-refractivity contribution is 7.14. The first kappa shape index (κ1) is 29.3. The molecule has 1 aromatic carbocycles. The number of benzene rings is 1. The van der Waals surface area contributed by atoms with Crippen molar-refractivity contribution in [2.45, 2.75) is 38.6 Å². The van der Waals surface area contributed by atoms with E-state index in [1.807, 2.05) is 18.6 Å². The maximum Gasteiger partial charge on any atom is 0.268 e. The Labute approximate surface area is 266 Å². The number of hydrogen-bond donors (Lipinski definition) is 1. The van der Waals surface area contributed by atoms with Gasteiger partial charge in [-0.2, -0.15) is 4.98 Å². The van der Waals surface area contributed by atoms with E-state index in [1.54, 1.807) is 28.2 Å². The van der Waals surface area contributed by atoms with Gasteiger partial charge in [-0.15, -0.1) is 11.3 Å². The molecule has 3 aromatic heterocycles. The van der Waals surface area contributed by atoms with Gasteiger partial charge >= 0.3 is 0 Å². The Hall–Kier alpha value is -4.37. The van der Waals surface area contributed by atoms with Crippen LogP contribution in [0.4, 0.5) is 16.6 Å². The van der Waals surface area contributed by atoms with E-state index in [-0.39, 0.29) is 12.1 Å². The van der Waals surface area contributed by atoms with Crippen LogP contribution < -0.4 is 15.8 Å². The summed E-state index contributed by atoms with van der Waals surface area (Å²) in [7, 11) is 2.19. The quantitative estimate of drug-likeness (QED) is 0.308. The number of ether oxygens (including phenoxy) is 1. The molecule has 10 nitrogen and oxygen atoms in total. The molecule has 1 atom stereocenters. The van der Waals surface area contributed by atoms with Crippen LogP contribution in [0.2, 0.25) is 0 Å². The summed E-state index contributed by atoms with van der Waals surface area (Å²) < 4.78 is 7.23. The molecule has 11 heteroatoms. The molecular weight excluding hydrogens is 584 g/mol. The number of nitrogens with zero attached hydrogens (tertiary/aromatic N) is 7. The predicted molar refractivity (Wildman–Crippen MR) is 180 cm³/mol. The number of likely N-dealkylation sites (tertiary alicyclic amines) is 1. The van der Waals surface area contributed by atoms with Gasteiger partial charge in [0.25, 0.3) is 5.56 Å².